The molecule has 0 spiro atoms. The van der Waals surface area contributed by atoms with Crippen LogP contribution in [0.3, 0.4) is 0 Å². The number of amides is 1. The molecule has 0 radical (unpaired) electrons. The molecule has 0 fully saturated rings. The summed E-state index contributed by atoms with van der Waals surface area (Å²) < 4.78 is 11.1. The number of hydrogen-bond acceptors (Lipinski definition) is 3. The van der Waals surface area contributed by atoms with Crippen LogP contribution < -0.4 is 5.32 Å². The maximum atomic E-state index is 13.0. The average Bonchev–Trinajstić information content (AvgIpc) is 3.27. The van der Waals surface area contributed by atoms with Crippen molar-refractivity contribution in [3.63, 3.8) is 0 Å². The molecule has 0 atom stereocenters. The van der Waals surface area contributed by atoms with E-state index >= 15 is 0 Å². The molecule has 28 heavy (non-hydrogen) atoms. The van der Waals surface area contributed by atoms with Crippen LogP contribution in [0, 0.1) is 0 Å². The van der Waals surface area contributed by atoms with E-state index in [0.29, 0.717) is 18.0 Å². The number of anilines is 1. The second-order valence-electron chi connectivity index (χ2n) is 7.00. The van der Waals surface area contributed by atoms with E-state index in [0.717, 1.165) is 23.1 Å². The molecule has 1 heterocycles. The number of ether oxygens (including phenoxy) is 1. The second-order valence-corrected chi connectivity index (χ2v) is 7.00. The van der Waals surface area contributed by atoms with Gasteiger partial charge in [-0.3, -0.25) is 4.79 Å². The summed E-state index contributed by atoms with van der Waals surface area (Å²) in [7, 11) is 1.61. The molecule has 0 bridgehead atoms. The molecule has 0 unspecified atom stereocenters. The van der Waals surface area contributed by atoms with Crippen molar-refractivity contribution >= 4 is 22.6 Å². The van der Waals surface area contributed by atoms with E-state index in [2.05, 4.69) is 29.6 Å². The van der Waals surface area contributed by atoms with Gasteiger partial charge in [0.05, 0.1) is 6.61 Å². The number of furan rings is 1. The molecular formula is C24H19NO3. The Kier molecular flexibility index (Phi) is 3.99. The number of para-hydroxylation sites is 1. The van der Waals surface area contributed by atoms with Crippen LogP contribution in [0.1, 0.15) is 27.2 Å². The normalized spacial score (nSPS) is 12.0. The smallest absolute Gasteiger partial charge is 0.291 e. The predicted octanol–water partition coefficient (Wildman–Crippen LogP) is 5.40. The predicted molar refractivity (Wildman–Crippen MR) is 110 cm³/mol. The van der Waals surface area contributed by atoms with Gasteiger partial charge in [0, 0.05) is 23.7 Å². The van der Waals surface area contributed by atoms with Crippen molar-refractivity contribution in [1.82, 2.24) is 0 Å². The molecule has 0 saturated heterocycles. The molecular weight excluding hydrogens is 350 g/mol. The summed E-state index contributed by atoms with van der Waals surface area (Å²) in [6, 6.07) is 22.1. The highest BCUT2D eigenvalue weighted by atomic mass is 16.5. The molecule has 0 aliphatic heterocycles. The van der Waals surface area contributed by atoms with Crippen molar-refractivity contribution in [1.29, 1.82) is 0 Å². The quantitative estimate of drug-likeness (QED) is 0.461. The third kappa shape index (κ3) is 2.70. The Morgan fingerprint density at radius 1 is 1.00 bits per heavy atom. The van der Waals surface area contributed by atoms with Gasteiger partial charge in [-0.1, -0.05) is 48.5 Å². The lowest BCUT2D eigenvalue weighted by Crippen LogP contribution is -2.13. The second kappa shape index (κ2) is 6.66. The number of fused-ring (bicyclic) bond motifs is 4. The maximum absolute atomic E-state index is 13.0. The van der Waals surface area contributed by atoms with Crippen LogP contribution in [0.2, 0.25) is 0 Å². The minimum atomic E-state index is -0.269. The summed E-state index contributed by atoms with van der Waals surface area (Å²) in [5.74, 6) is 0.0263. The molecule has 1 N–H and O–H groups in total. The van der Waals surface area contributed by atoms with E-state index in [1.165, 1.54) is 22.3 Å². The molecule has 138 valence electrons. The van der Waals surface area contributed by atoms with E-state index < -0.39 is 0 Å². The van der Waals surface area contributed by atoms with Crippen LogP contribution in [-0.2, 0) is 17.8 Å². The highest BCUT2D eigenvalue weighted by Gasteiger charge is 2.22. The Morgan fingerprint density at radius 3 is 2.68 bits per heavy atom. The first-order valence-corrected chi connectivity index (χ1v) is 9.26. The molecule has 1 aliphatic carbocycles. The van der Waals surface area contributed by atoms with Gasteiger partial charge in [0.15, 0.2) is 5.76 Å². The molecule has 0 saturated carbocycles. The third-order valence-electron chi connectivity index (χ3n) is 5.25. The number of benzene rings is 3. The van der Waals surface area contributed by atoms with Gasteiger partial charge in [-0.15, -0.1) is 0 Å². The Bertz CT molecular complexity index is 1210. The maximum Gasteiger partial charge on any atom is 0.291 e. The number of nitrogens with one attached hydrogen (secondary N) is 1. The highest BCUT2D eigenvalue weighted by Crippen LogP contribution is 2.38. The fourth-order valence-electron chi connectivity index (χ4n) is 3.96. The zero-order valence-electron chi connectivity index (χ0n) is 15.5. The first-order valence-electron chi connectivity index (χ1n) is 9.26. The number of carbonyl (C=O) groups excluding carboxylic acids is 1. The molecule has 1 aromatic heterocycles. The average molecular weight is 369 g/mol. The van der Waals surface area contributed by atoms with E-state index in [9.17, 15) is 4.79 Å². The summed E-state index contributed by atoms with van der Waals surface area (Å²) in [5, 5.41) is 3.89. The lowest BCUT2D eigenvalue weighted by molar-refractivity contribution is 0.0992. The van der Waals surface area contributed by atoms with Gasteiger partial charge in [-0.2, -0.15) is 0 Å². The summed E-state index contributed by atoms with van der Waals surface area (Å²) in [5.41, 5.74) is 7.21. The van der Waals surface area contributed by atoms with Crippen LogP contribution in [0.4, 0.5) is 5.69 Å². The van der Waals surface area contributed by atoms with Crippen molar-refractivity contribution in [3.05, 3.63) is 89.2 Å². The molecule has 4 nitrogen and oxygen atoms in total. The molecule has 4 heteroatoms. The van der Waals surface area contributed by atoms with Gasteiger partial charge in [0.1, 0.15) is 5.58 Å². The van der Waals surface area contributed by atoms with Crippen LogP contribution in [0.5, 0.6) is 0 Å². The summed E-state index contributed by atoms with van der Waals surface area (Å²) in [6.45, 7) is 0.317. The Balaban J connectivity index is 1.49. The lowest BCUT2D eigenvalue weighted by Gasteiger charge is -2.08. The van der Waals surface area contributed by atoms with Crippen molar-refractivity contribution in [2.75, 3.05) is 12.4 Å². The van der Waals surface area contributed by atoms with E-state index in [-0.39, 0.29) is 5.91 Å². The van der Waals surface area contributed by atoms with Gasteiger partial charge >= 0.3 is 0 Å². The number of methoxy groups -OCH3 is 1. The van der Waals surface area contributed by atoms with Gasteiger partial charge < -0.3 is 14.5 Å². The Hall–Kier alpha value is -3.37. The topological polar surface area (TPSA) is 51.5 Å². The highest BCUT2D eigenvalue weighted by molar-refractivity contribution is 6.06. The van der Waals surface area contributed by atoms with E-state index in [1.807, 2.05) is 42.5 Å². The SMILES string of the molecule is COCc1c(C(=O)Nc2ccc3c(c2)-c2ccccc2C3)oc2ccccc12. The summed E-state index contributed by atoms with van der Waals surface area (Å²) in [4.78, 5) is 13.0. The van der Waals surface area contributed by atoms with Crippen molar-refractivity contribution in [3.8, 4) is 11.1 Å². The Labute approximate surface area is 162 Å². The third-order valence-corrected chi connectivity index (χ3v) is 5.25. The molecule has 1 aliphatic rings. The van der Waals surface area contributed by atoms with Gasteiger partial charge in [0.2, 0.25) is 0 Å². The standard InChI is InChI=1S/C24H19NO3/c1-27-14-21-19-8-4-5-9-22(19)28-23(21)24(26)25-17-11-10-16-12-15-6-2-3-7-18(15)20(16)13-17/h2-11,13H,12,14H2,1H3,(H,25,26). The lowest BCUT2D eigenvalue weighted by atomic mass is 10.1. The first kappa shape index (κ1) is 16.8. The number of rotatable bonds is 4. The summed E-state index contributed by atoms with van der Waals surface area (Å²) >= 11 is 0. The zero-order chi connectivity index (χ0) is 19.1. The fraction of sp³-hybridized carbons (Fsp3) is 0.125. The molecule has 1 amide bonds. The largest absolute Gasteiger partial charge is 0.451 e. The van der Waals surface area contributed by atoms with E-state index in [1.54, 1.807) is 7.11 Å². The van der Waals surface area contributed by atoms with Crippen molar-refractivity contribution in [2.45, 2.75) is 13.0 Å². The van der Waals surface area contributed by atoms with Crippen LogP contribution in [0.15, 0.2) is 71.1 Å². The van der Waals surface area contributed by atoms with Gasteiger partial charge in [-0.05, 0) is 46.9 Å². The number of hydrogen-bond donors (Lipinski definition) is 1. The minimum absolute atomic E-state index is 0.269. The van der Waals surface area contributed by atoms with Gasteiger partial charge in [0.25, 0.3) is 5.91 Å². The van der Waals surface area contributed by atoms with Crippen LogP contribution >= 0.6 is 0 Å². The first-order chi connectivity index (χ1) is 13.7. The molecule has 5 rings (SSSR count). The van der Waals surface area contributed by atoms with E-state index in [4.69, 9.17) is 9.15 Å². The minimum Gasteiger partial charge on any atom is -0.451 e. The van der Waals surface area contributed by atoms with Crippen molar-refractivity contribution < 1.29 is 13.9 Å². The molecule has 4 aromatic rings. The fourth-order valence-corrected chi connectivity index (χ4v) is 3.96. The van der Waals surface area contributed by atoms with Crippen molar-refractivity contribution in [2.24, 2.45) is 0 Å². The monoisotopic (exact) mass is 369 g/mol. The van der Waals surface area contributed by atoms with Crippen LogP contribution in [0.25, 0.3) is 22.1 Å². The van der Waals surface area contributed by atoms with Crippen LogP contribution in [-0.4, -0.2) is 13.0 Å². The molecule has 3 aromatic carbocycles. The number of carbonyl (C=O) groups is 1. The van der Waals surface area contributed by atoms with Gasteiger partial charge in [-0.25, -0.2) is 0 Å². The Morgan fingerprint density at radius 2 is 1.79 bits per heavy atom. The zero-order valence-corrected chi connectivity index (χ0v) is 15.5. The summed E-state index contributed by atoms with van der Waals surface area (Å²) in [6.07, 6.45) is 0.932.